The molecular weight excluding hydrogens is 204 g/mol. The largest absolute Gasteiger partial charge is 0.380 e. The molecule has 0 aliphatic heterocycles. The fraction of sp³-hybridized carbons (Fsp3) is 0.333. The van der Waals surface area contributed by atoms with Crippen molar-refractivity contribution >= 4 is 11.0 Å². The number of ether oxygens (including phenoxy) is 1. The minimum Gasteiger partial charge on any atom is -0.380 e. The number of nitrogens with zero attached hydrogens (tertiary/aromatic N) is 1. The number of methoxy groups -OCH3 is 1. The van der Waals surface area contributed by atoms with Crippen LogP contribution in [0.3, 0.4) is 0 Å². The van der Waals surface area contributed by atoms with Crippen LogP contribution in [0.25, 0.3) is 11.0 Å². The summed E-state index contributed by atoms with van der Waals surface area (Å²) in [6.07, 6.45) is 2.48. The van der Waals surface area contributed by atoms with Crippen molar-refractivity contribution in [3.63, 3.8) is 0 Å². The van der Waals surface area contributed by atoms with Gasteiger partial charge >= 0.3 is 0 Å². The van der Waals surface area contributed by atoms with Crippen molar-refractivity contribution in [3.8, 4) is 0 Å². The van der Waals surface area contributed by atoms with E-state index in [1.807, 2.05) is 19.1 Å². The lowest BCUT2D eigenvalue weighted by Gasteiger charge is -2.03. The van der Waals surface area contributed by atoms with E-state index in [9.17, 15) is 4.79 Å². The Kier molecular flexibility index (Phi) is 3.01. The van der Waals surface area contributed by atoms with E-state index in [1.165, 1.54) is 0 Å². The molecule has 0 saturated heterocycles. The molecule has 0 spiro atoms. The number of fused-ring (bicyclic) bond motifs is 1. The Bertz CT molecular complexity index is 560. The molecule has 0 aliphatic rings. The highest BCUT2D eigenvalue weighted by molar-refractivity contribution is 5.74. The van der Waals surface area contributed by atoms with Gasteiger partial charge in [-0.1, -0.05) is 6.92 Å². The van der Waals surface area contributed by atoms with Crippen LogP contribution in [0.15, 0.2) is 23.1 Å². The number of hydrogen-bond acceptors (Lipinski definition) is 3. The van der Waals surface area contributed by atoms with E-state index >= 15 is 0 Å². The standard InChI is InChI=1S/C12H14N2O2/c1-3-9-5-10-11(14-12(9)15)4-8(6-13-10)7-16-2/h4-6H,3,7H2,1-2H3,(H,14,15). The molecule has 0 fully saturated rings. The molecule has 2 heterocycles. The second-order valence-corrected chi connectivity index (χ2v) is 3.69. The zero-order valence-electron chi connectivity index (χ0n) is 9.41. The van der Waals surface area contributed by atoms with Crippen molar-refractivity contribution in [2.24, 2.45) is 0 Å². The molecule has 2 rings (SSSR count). The van der Waals surface area contributed by atoms with Crippen molar-refractivity contribution in [1.82, 2.24) is 9.97 Å². The highest BCUT2D eigenvalue weighted by atomic mass is 16.5. The van der Waals surface area contributed by atoms with Crippen LogP contribution in [-0.4, -0.2) is 17.1 Å². The van der Waals surface area contributed by atoms with Crippen molar-refractivity contribution in [3.05, 3.63) is 39.8 Å². The van der Waals surface area contributed by atoms with Crippen molar-refractivity contribution in [2.45, 2.75) is 20.0 Å². The van der Waals surface area contributed by atoms with Crippen LogP contribution in [0.5, 0.6) is 0 Å². The van der Waals surface area contributed by atoms with Gasteiger partial charge in [-0.25, -0.2) is 0 Å². The van der Waals surface area contributed by atoms with E-state index in [0.29, 0.717) is 13.0 Å². The SMILES string of the molecule is CCc1cc2ncc(COC)cc2[nH]c1=O. The molecule has 0 atom stereocenters. The number of aryl methyl sites for hydroxylation is 1. The Labute approximate surface area is 93.3 Å². The van der Waals surface area contributed by atoms with Crippen molar-refractivity contribution in [1.29, 1.82) is 0 Å². The summed E-state index contributed by atoms with van der Waals surface area (Å²) in [7, 11) is 1.63. The Morgan fingerprint density at radius 2 is 2.25 bits per heavy atom. The smallest absolute Gasteiger partial charge is 0.251 e. The Balaban J connectivity index is 2.58. The van der Waals surface area contributed by atoms with Gasteiger partial charge in [0.15, 0.2) is 0 Å². The van der Waals surface area contributed by atoms with E-state index in [0.717, 1.165) is 22.2 Å². The molecule has 84 valence electrons. The third kappa shape index (κ3) is 1.97. The molecule has 1 N–H and O–H groups in total. The Hall–Kier alpha value is -1.68. The molecule has 0 saturated carbocycles. The molecule has 2 aromatic heterocycles. The second-order valence-electron chi connectivity index (χ2n) is 3.69. The highest BCUT2D eigenvalue weighted by Gasteiger charge is 2.03. The van der Waals surface area contributed by atoms with Gasteiger partial charge in [0.2, 0.25) is 0 Å². The minimum absolute atomic E-state index is 0.0358. The van der Waals surface area contributed by atoms with Gasteiger partial charge in [0.1, 0.15) is 0 Å². The number of hydrogen-bond donors (Lipinski definition) is 1. The predicted octanol–water partition coefficient (Wildman–Crippen LogP) is 1.63. The Morgan fingerprint density at radius 3 is 2.94 bits per heavy atom. The van der Waals surface area contributed by atoms with Crippen molar-refractivity contribution in [2.75, 3.05) is 7.11 Å². The molecule has 0 unspecified atom stereocenters. The predicted molar refractivity (Wildman–Crippen MR) is 62.5 cm³/mol. The second kappa shape index (κ2) is 4.45. The zero-order valence-corrected chi connectivity index (χ0v) is 9.41. The van der Waals surface area contributed by atoms with E-state index in [1.54, 1.807) is 13.3 Å². The quantitative estimate of drug-likeness (QED) is 0.851. The summed E-state index contributed by atoms with van der Waals surface area (Å²) in [4.78, 5) is 18.8. The molecule has 0 radical (unpaired) electrons. The summed E-state index contributed by atoms with van der Waals surface area (Å²) < 4.78 is 5.02. The summed E-state index contributed by atoms with van der Waals surface area (Å²) in [5, 5.41) is 0. The first-order valence-electron chi connectivity index (χ1n) is 5.24. The fourth-order valence-corrected chi connectivity index (χ4v) is 1.68. The average molecular weight is 218 g/mol. The molecule has 4 heteroatoms. The molecule has 0 amide bonds. The van der Waals surface area contributed by atoms with Crippen LogP contribution in [0.1, 0.15) is 18.1 Å². The molecule has 4 nitrogen and oxygen atoms in total. The monoisotopic (exact) mass is 218 g/mol. The average Bonchev–Trinajstić information content (AvgIpc) is 2.28. The molecule has 0 bridgehead atoms. The minimum atomic E-state index is -0.0358. The fourth-order valence-electron chi connectivity index (χ4n) is 1.68. The number of aromatic nitrogens is 2. The lowest BCUT2D eigenvalue weighted by Crippen LogP contribution is -2.11. The lowest BCUT2D eigenvalue weighted by molar-refractivity contribution is 0.184. The van der Waals surface area contributed by atoms with Crippen LogP contribution in [0, 0.1) is 0 Å². The van der Waals surface area contributed by atoms with Gasteiger partial charge in [0, 0.05) is 18.9 Å². The maximum Gasteiger partial charge on any atom is 0.251 e. The van der Waals surface area contributed by atoms with Gasteiger partial charge in [0.25, 0.3) is 5.56 Å². The van der Waals surface area contributed by atoms with E-state index in [-0.39, 0.29) is 5.56 Å². The van der Waals surface area contributed by atoms with Gasteiger partial charge in [-0.05, 0) is 24.1 Å². The number of aromatic amines is 1. The summed E-state index contributed by atoms with van der Waals surface area (Å²) in [5.41, 5.74) is 3.26. The van der Waals surface area contributed by atoms with Crippen LogP contribution in [0.2, 0.25) is 0 Å². The highest BCUT2D eigenvalue weighted by Crippen LogP contribution is 2.11. The molecule has 0 aromatic carbocycles. The van der Waals surface area contributed by atoms with E-state index < -0.39 is 0 Å². The number of pyridine rings is 2. The lowest BCUT2D eigenvalue weighted by atomic mass is 10.2. The van der Waals surface area contributed by atoms with Crippen molar-refractivity contribution < 1.29 is 4.74 Å². The number of H-pyrrole nitrogens is 1. The number of nitrogens with one attached hydrogen (secondary N) is 1. The first kappa shape index (κ1) is 10.8. The normalized spacial score (nSPS) is 10.9. The Morgan fingerprint density at radius 1 is 1.44 bits per heavy atom. The van der Waals surface area contributed by atoms with E-state index in [4.69, 9.17) is 4.74 Å². The number of rotatable bonds is 3. The molecule has 0 aliphatic carbocycles. The zero-order chi connectivity index (χ0) is 11.5. The first-order valence-corrected chi connectivity index (χ1v) is 5.24. The maximum atomic E-state index is 11.6. The summed E-state index contributed by atoms with van der Waals surface area (Å²) in [6.45, 7) is 2.45. The first-order chi connectivity index (χ1) is 7.74. The van der Waals surface area contributed by atoms with Crippen LogP contribution < -0.4 is 5.56 Å². The van der Waals surface area contributed by atoms with E-state index in [2.05, 4.69) is 9.97 Å². The van der Waals surface area contributed by atoms with Gasteiger partial charge in [-0.2, -0.15) is 0 Å². The molecule has 2 aromatic rings. The van der Waals surface area contributed by atoms with Gasteiger partial charge in [0.05, 0.1) is 17.6 Å². The maximum absolute atomic E-state index is 11.6. The molecular formula is C12H14N2O2. The van der Waals surface area contributed by atoms with Gasteiger partial charge in [-0.15, -0.1) is 0 Å². The van der Waals surface area contributed by atoms with Crippen LogP contribution in [0.4, 0.5) is 0 Å². The summed E-state index contributed by atoms with van der Waals surface area (Å²) in [6, 6.07) is 3.73. The van der Waals surface area contributed by atoms with Gasteiger partial charge < -0.3 is 9.72 Å². The third-order valence-electron chi connectivity index (χ3n) is 2.52. The van der Waals surface area contributed by atoms with Crippen LogP contribution in [-0.2, 0) is 17.8 Å². The third-order valence-corrected chi connectivity index (χ3v) is 2.52. The summed E-state index contributed by atoms with van der Waals surface area (Å²) >= 11 is 0. The van der Waals surface area contributed by atoms with Gasteiger partial charge in [-0.3, -0.25) is 9.78 Å². The van der Waals surface area contributed by atoms with Crippen LogP contribution >= 0.6 is 0 Å². The summed E-state index contributed by atoms with van der Waals surface area (Å²) in [5.74, 6) is 0. The topological polar surface area (TPSA) is 55.0 Å². The molecule has 16 heavy (non-hydrogen) atoms.